The van der Waals surface area contributed by atoms with Gasteiger partial charge in [0.15, 0.2) is 0 Å². The molecule has 1 saturated heterocycles. The fourth-order valence-corrected chi connectivity index (χ4v) is 2.78. The lowest BCUT2D eigenvalue weighted by atomic mass is 10.1. The third-order valence-corrected chi connectivity index (χ3v) is 3.76. The number of aliphatic hydroxyl groups is 1. The fraction of sp³-hybridized carbons (Fsp3) is 0.533. The normalized spacial score (nSPS) is 24.8. The molecule has 1 fully saturated rings. The summed E-state index contributed by atoms with van der Waals surface area (Å²) in [4.78, 5) is 4.44. The van der Waals surface area contributed by atoms with E-state index < -0.39 is 0 Å². The van der Waals surface area contributed by atoms with Crippen molar-refractivity contribution < 1.29 is 5.11 Å². The van der Waals surface area contributed by atoms with Crippen LogP contribution in [0.5, 0.6) is 0 Å². The van der Waals surface area contributed by atoms with Gasteiger partial charge in [0.2, 0.25) is 0 Å². The molecule has 102 valence electrons. The maximum Gasteiger partial charge on any atom is 0.101 e. The number of anilines is 1. The molecule has 4 nitrogen and oxygen atoms in total. The molecule has 2 atom stereocenters. The smallest absolute Gasteiger partial charge is 0.101 e. The number of hydrogen-bond donors (Lipinski definition) is 1. The first-order chi connectivity index (χ1) is 9.15. The first kappa shape index (κ1) is 13.9. The summed E-state index contributed by atoms with van der Waals surface area (Å²) < 4.78 is 0. The van der Waals surface area contributed by atoms with E-state index in [0.29, 0.717) is 11.5 Å². The number of likely N-dealkylation sites (N-methyl/N-ethyl adjacent to an activating group) is 1. The molecule has 0 amide bonds. The molecule has 1 N–H and O–H groups in total. The van der Waals surface area contributed by atoms with Gasteiger partial charge in [-0.05, 0) is 25.1 Å². The van der Waals surface area contributed by atoms with Gasteiger partial charge in [-0.25, -0.2) is 0 Å². The summed E-state index contributed by atoms with van der Waals surface area (Å²) in [6.45, 7) is 5.00. The highest BCUT2D eigenvalue weighted by Gasteiger charge is 2.26. The van der Waals surface area contributed by atoms with E-state index in [1.165, 1.54) is 0 Å². The highest BCUT2D eigenvalue weighted by atomic mass is 16.3. The minimum atomic E-state index is 0.122. The summed E-state index contributed by atoms with van der Waals surface area (Å²) in [5.41, 5.74) is 1.68. The van der Waals surface area contributed by atoms with Gasteiger partial charge in [0, 0.05) is 25.7 Å². The van der Waals surface area contributed by atoms with Crippen LogP contribution in [0.2, 0.25) is 0 Å². The topological polar surface area (TPSA) is 50.5 Å². The van der Waals surface area contributed by atoms with E-state index >= 15 is 0 Å². The van der Waals surface area contributed by atoms with Crippen molar-refractivity contribution in [1.29, 1.82) is 5.26 Å². The summed E-state index contributed by atoms with van der Waals surface area (Å²) >= 11 is 0. The molecule has 1 aromatic rings. The van der Waals surface area contributed by atoms with Crippen LogP contribution in [0.4, 0.5) is 5.69 Å². The lowest BCUT2D eigenvalue weighted by Crippen LogP contribution is -2.41. The van der Waals surface area contributed by atoms with E-state index in [1.54, 1.807) is 0 Å². The molecule has 1 aromatic carbocycles. The van der Waals surface area contributed by atoms with Crippen LogP contribution in [0.25, 0.3) is 0 Å². The number of rotatable bonds is 2. The third kappa shape index (κ3) is 3.06. The van der Waals surface area contributed by atoms with E-state index in [0.717, 1.165) is 25.3 Å². The Morgan fingerprint density at radius 2 is 2.05 bits per heavy atom. The van der Waals surface area contributed by atoms with Gasteiger partial charge in [-0.15, -0.1) is 0 Å². The van der Waals surface area contributed by atoms with Gasteiger partial charge in [0.05, 0.1) is 17.9 Å². The average Bonchev–Trinajstić information content (AvgIpc) is 2.56. The molecule has 0 aliphatic carbocycles. The number of hydrogen-bond acceptors (Lipinski definition) is 4. The molecule has 0 bridgehead atoms. The predicted molar refractivity (Wildman–Crippen MR) is 76.0 cm³/mol. The zero-order valence-corrected chi connectivity index (χ0v) is 11.6. The number of benzene rings is 1. The van der Waals surface area contributed by atoms with Crippen LogP contribution in [0.15, 0.2) is 24.3 Å². The van der Waals surface area contributed by atoms with Crippen LogP contribution in [-0.2, 0) is 0 Å². The largest absolute Gasteiger partial charge is 0.395 e. The Bertz CT molecular complexity index is 469. The van der Waals surface area contributed by atoms with Crippen molar-refractivity contribution in [2.24, 2.45) is 5.92 Å². The maximum atomic E-state index is 9.53. The van der Waals surface area contributed by atoms with Crippen LogP contribution in [0.3, 0.4) is 0 Å². The van der Waals surface area contributed by atoms with E-state index in [4.69, 9.17) is 0 Å². The van der Waals surface area contributed by atoms with Crippen LogP contribution in [0.1, 0.15) is 12.5 Å². The van der Waals surface area contributed by atoms with Gasteiger partial charge < -0.3 is 10.0 Å². The predicted octanol–water partition coefficient (Wildman–Crippen LogP) is 1.31. The Kier molecular flexibility index (Phi) is 4.41. The Balaban J connectivity index is 2.30. The van der Waals surface area contributed by atoms with E-state index in [1.807, 2.05) is 24.3 Å². The van der Waals surface area contributed by atoms with Gasteiger partial charge >= 0.3 is 0 Å². The summed E-state index contributed by atoms with van der Waals surface area (Å²) in [5, 5.41) is 18.8. The quantitative estimate of drug-likeness (QED) is 0.870. The standard InChI is InChI=1S/C15H21N3O/c1-12-8-17(2)14(11-19)10-18(9-12)15-6-4-3-5-13(15)7-16/h3-6,12,14,19H,8-11H2,1-2H3. The maximum absolute atomic E-state index is 9.53. The first-order valence-electron chi connectivity index (χ1n) is 6.71. The molecular weight excluding hydrogens is 238 g/mol. The molecule has 0 aromatic heterocycles. The summed E-state index contributed by atoms with van der Waals surface area (Å²) in [5.74, 6) is 0.508. The zero-order valence-electron chi connectivity index (χ0n) is 11.6. The van der Waals surface area contributed by atoms with Crippen LogP contribution >= 0.6 is 0 Å². The molecule has 1 aliphatic rings. The van der Waals surface area contributed by atoms with Gasteiger partial charge in [-0.2, -0.15) is 5.26 Å². The summed E-state index contributed by atoms with van der Waals surface area (Å²) in [6, 6.07) is 10.1. The van der Waals surface area contributed by atoms with Crippen LogP contribution < -0.4 is 4.90 Å². The van der Waals surface area contributed by atoms with Gasteiger partial charge in [-0.3, -0.25) is 4.90 Å². The number of nitrogens with zero attached hydrogens (tertiary/aromatic N) is 3. The Labute approximate surface area is 114 Å². The number of aliphatic hydroxyl groups excluding tert-OH is 1. The minimum absolute atomic E-state index is 0.122. The van der Waals surface area contributed by atoms with Crippen molar-refractivity contribution in [2.45, 2.75) is 13.0 Å². The second-order valence-electron chi connectivity index (χ2n) is 5.42. The van der Waals surface area contributed by atoms with Crippen molar-refractivity contribution in [3.63, 3.8) is 0 Å². The summed E-state index contributed by atoms with van der Waals surface area (Å²) in [7, 11) is 2.05. The van der Waals surface area contributed by atoms with Crippen molar-refractivity contribution >= 4 is 5.69 Å². The third-order valence-electron chi connectivity index (χ3n) is 3.76. The first-order valence-corrected chi connectivity index (χ1v) is 6.71. The highest BCUT2D eigenvalue weighted by molar-refractivity contribution is 5.59. The van der Waals surface area contributed by atoms with Gasteiger partial charge in [0.25, 0.3) is 0 Å². The van der Waals surface area contributed by atoms with Crippen LogP contribution in [0, 0.1) is 17.2 Å². The molecule has 1 aliphatic heterocycles. The SMILES string of the molecule is CC1CN(c2ccccc2C#N)CC(CO)N(C)C1. The minimum Gasteiger partial charge on any atom is -0.395 e. The van der Waals surface area contributed by atoms with Crippen molar-refractivity contribution in [3.8, 4) is 6.07 Å². The van der Waals surface area contributed by atoms with Crippen molar-refractivity contribution in [3.05, 3.63) is 29.8 Å². The average molecular weight is 259 g/mol. The van der Waals surface area contributed by atoms with Gasteiger partial charge in [-0.1, -0.05) is 19.1 Å². The van der Waals surface area contributed by atoms with E-state index in [9.17, 15) is 10.4 Å². The number of para-hydroxylation sites is 1. The highest BCUT2D eigenvalue weighted by Crippen LogP contribution is 2.24. The number of nitriles is 1. The van der Waals surface area contributed by atoms with Crippen molar-refractivity contribution in [1.82, 2.24) is 4.90 Å². The van der Waals surface area contributed by atoms with E-state index in [-0.39, 0.29) is 12.6 Å². The Morgan fingerprint density at radius 3 is 2.74 bits per heavy atom. The second kappa shape index (κ2) is 6.05. The second-order valence-corrected chi connectivity index (χ2v) is 5.42. The fourth-order valence-electron chi connectivity index (χ4n) is 2.78. The summed E-state index contributed by atoms with van der Waals surface area (Å²) in [6.07, 6.45) is 0. The Morgan fingerprint density at radius 1 is 1.32 bits per heavy atom. The van der Waals surface area contributed by atoms with E-state index in [2.05, 4.69) is 29.8 Å². The Hall–Kier alpha value is -1.57. The molecular formula is C15H21N3O. The molecule has 2 rings (SSSR count). The van der Waals surface area contributed by atoms with Gasteiger partial charge in [0.1, 0.15) is 6.07 Å². The molecule has 2 unspecified atom stereocenters. The molecule has 4 heteroatoms. The lowest BCUT2D eigenvalue weighted by molar-refractivity contribution is 0.151. The van der Waals surface area contributed by atoms with Crippen molar-refractivity contribution in [2.75, 3.05) is 38.2 Å². The monoisotopic (exact) mass is 259 g/mol. The molecule has 0 radical (unpaired) electrons. The van der Waals surface area contributed by atoms with Crippen LogP contribution in [-0.4, -0.2) is 49.3 Å². The molecule has 19 heavy (non-hydrogen) atoms. The molecule has 0 spiro atoms. The lowest BCUT2D eigenvalue weighted by Gasteiger charge is -2.29. The molecule has 1 heterocycles. The molecule has 0 saturated carbocycles. The zero-order chi connectivity index (χ0) is 13.8.